The summed E-state index contributed by atoms with van der Waals surface area (Å²) in [5.41, 5.74) is 4.99. The van der Waals surface area contributed by atoms with Crippen LogP contribution in [0, 0.1) is 0 Å². The first kappa shape index (κ1) is 22.4. The van der Waals surface area contributed by atoms with Crippen LogP contribution in [0.5, 0.6) is 0 Å². The standard InChI is InChI=1S/C28H27N3O2S/c1-2-19-14-16-21(17-15-19)31-27(33)23-11-5-6-12-25(23)30-28(31)34-18-26(32)29-24-13-7-9-20-8-3-4-10-22(20)24/h3-6,8,10-12,14-17,24H,2,7,9,13,18H2,1H3,(H,29,32). The molecule has 1 unspecified atom stereocenters. The van der Waals surface area contributed by atoms with Gasteiger partial charge in [-0.3, -0.25) is 14.2 Å². The van der Waals surface area contributed by atoms with Crippen LogP contribution in [0.25, 0.3) is 16.6 Å². The zero-order chi connectivity index (χ0) is 23.5. The molecule has 1 N–H and O–H groups in total. The second kappa shape index (κ2) is 9.85. The van der Waals surface area contributed by atoms with Crippen LogP contribution < -0.4 is 10.9 Å². The van der Waals surface area contributed by atoms with E-state index in [1.165, 1.54) is 28.5 Å². The van der Waals surface area contributed by atoms with Crippen LogP contribution in [0.2, 0.25) is 0 Å². The van der Waals surface area contributed by atoms with Crippen molar-refractivity contribution in [1.29, 1.82) is 0 Å². The van der Waals surface area contributed by atoms with Gasteiger partial charge in [0.1, 0.15) is 0 Å². The first-order valence-electron chi connectivity index (χ1n) is 11.7. The molecule has 6 heteroatoms. The summed E-state index contributed by atoms with van der Waals surface area (Å²) in [6.45, 7) is 2.10. The van der Waals surface area contributed by atoms with E-state index in [4.69, 9.17) is 4.98 Å². The Labute approximate surface area is 203 Å². The molecule has 1 atom stereocenters. The number of carbonyl (C=O) groups excluding carboxylic acids is 1. The zero-order valence-corrected chi connectivity index (χ0v) is 20.0. The van der Waals surface area contributed by atoms with Crippen LogP contribution in [0.3, 0.4) is 0 Å². The van der Waals surface area contributed by atoms with E-state index < -0.39 is 0 Å². The number of aromatic nitrogens is 2. The molecule has 1 aromatic heterocycles. The van der Waals surface area contributed by atoms with Crippen LogP contribution in [-0.4, -0.2) is 21.2 Å². The second-order valence-corrected chi connectivity index (χ2v) is 9.51. The maximum Gasteiger partial charge on any atom is 0.266 e. The molecule has 5 nitrogen and oxygen atoms in total. The fraction of sp³-hybridized carbons (Fsp3) is 0.250. The highest BCUT2D eigenvalue weighted by Crippen LogP contribution is 2.30. The lowest BCUT2D eigenvalue weighted by atomic mass is 9.88. The van der Waals surface area contributed by atoms with Gasteiger partial charge in [0.15, 0.2) is 5.16 Å². The first-order chi connectivity index (χ1) is 16.6. The molecule has 0 fully saturated rings. The number of fused-ring (bicyclic) bond motifs is 2. The van der Waals surface area contributed by atoms with Gasteiger partial charge in [-0.25, -0.2) is 4.98 Å². The molecule has 34 heavy (non-hydrogen) atoms. The Hall–Kier alpha value is -3.38. The minimum atomic E-state index is -0.126. The van der Waals surface area contributed by atoms with Crippen LogP contribution in [0.1, 0.15) is 42.5 Å². The van der Waals surface area contributed by atoms with Crippen molar-refractivity contribution >= 4 is 28.6 Å². The van der Waals surface area contributed by atoms with E-state index in [-0.39, 0.29) is 23.3 Å². The molecule has 4 aromatic rings. The van der Waals surface area contributed by atoms with Crippen molar-refractivity contribution in [3.05, 3.63) is 99.8 Å². The summed E-state index contributed by atoms with van der Waals surface area (Å²) in [5, 5.41) is 4.28. The first-order valence-corrected chi connectivity index (χ1v) is 12.7. The Morgan fingerprint density at radius 1 is 1.06 bits per heavy atom. The predicted molar refractivity (Wildman–Crippen MR) is 138 cm³/mol. The van der Waals surface area contributed by atoms with Crippen molar-refractivity contribution in [3.63, 3.8) is 0 Å². The van der Waals surface area contributed by atoms with Gasteiger partial charge in [0, 0.05) is 0 Å². The largest absolute Gasteiger partial charge is 0.349 e. The topological polar surface area (TPSA) is 64.0 Å². The number of carbonyl (C=O) groups is 1. The number of hydrogen-bond donors (Lipinski definition) is 1. The lowest BCUT2D eigenvalue weighted by Crippen LogP contribution is -2.32. The number of nitrogens with one attached hydrogen (secondary N) is 1. The van der Waals surface area contributed by atoms with E-state index in [0.717, 1.165) is 31.4 Å². The maximum atomic E-state index is 13.4. The number of nitrogens with zero attached hydrogens (tertiary/aromatic N) is 2. The van der Waals surface area contributed by atoms with E-state index in [1.54, 1.807) is 10.6 Å². The molecule has 0 saturated carbocycles. The molecule has 1 aliphatic rings. The summed E-state index contributed by atoms with van der Waals surface area (Å²) in [6, 6.07) is 23.7. The van der Waals surface area contributed by atoms with Crippen LogP contribution in [0.4, 0.5) is 0 Å². The average molecular weight is 470 g/mol. The molecule has 0 aliphatic heterocycles. The van der Waals surface area contributed by atoms with Gasteiger partial charge in [-0.1, -0.05) is 67.2 Å². The minimum Gasteiger partial charge on any atom is -0.349 e. The average Bonchev–Trinajstić information content (AvgIpc) is 2.88. The van der Waals surface area contributed by atoms with Crippen molar-refractivity contribution in [2.24, 2.45) is 0 Å². The van der Waals surface area contributed by atoms with Crippen molar-refractivity contribution in [1.82, 2.24) is 14.9 Å². The van der Waals surface area contributed by atoms with Gasteiger partial charge in [0.2, 0.25) is 5.91 Å². The molecule has 0 bridgehead atoms. The number of rotatable bonds is 6. The summed E-state index contributed by atoms with van der Waals surface area (Å²) in [7, 11) is 0. The Bertz CT molecular complexity index is 1400. The summed E-state index contributed by atoms with van der Waals surface area (Å²) in [5.74, 6) is 0.137. The van der Waals surface area contributed by atoms with Crippen molar-refractivity contribution in [2.75, 3.05) is 5.75 Å². The molecular formula is C28H27N3O2S. The minimum absolute atomic E-state index is 0.0337. The lowest BCUT2D eigenvalue weighted by molar-refractivity contribution is -0.119. The molecular weight excluding hydrogens is 442 g/mol. The smallest absolute Gasteiger partial charge is 0.266 e. The third kappa shape index (κ3) is 4.50. The Morgan fingerprint density at radius 2 is 1.82 bits per heavy atom. The predicted octanol–water partition coefficient (Wildman–Crippen LogP) is 5.23. The highest BCUT2D eigenvalue weighted by molar-refractivity contribution is 7.99. The Balaban J connectivity index is 1.42. The molecule has 172 valence electrons. The van der Waals surface area contributed by atoms with Gasteiger partial charge in [-0.05, 0) is 66.6 Å². The Morgan fingerprint density at radius 3 is 2.65 bits per heavy atom. The molecule has 0 spiro atoms. The molecule has 1 aliphatic carbocycles. The number of aryl methyl sites for hydroxylation is 2. The molecule has 3 aromatic carbocycles. The summed E-state index contributed by atoms with van der Waals surface area (Å²) < 4.78 is 1.62. The number of amides is 1. The van der Waals surface area contributed by atoms with Crippen molar-refractivity contribution in [2.45, 2.75) is 43.8 Å². The molecule has 1 amide bonds. The molecule has 1 heterocycles. The van der Waals surface area contributed by atoms with Crippen molar-refractivity contribution in [3.8, 4) is 5.69 Å². The van der Waals surface area contributed by atoms with Gasteiger partial charge >= 0.3 is 0 Å². The number of thioether (sulfide) groups is 1. The van der Waals surface area contributed by atoms with Gasteiger partial charge < -0.3 is 5.32 Å². The third-order valence-corrected chi connectivity index (χ3v) is 7.32. The maximum absolute atomic E-state index is 13.4. The normalized spacial score (nSPS) is 15.1. The van der Waals surface area contributed by atoms with Gasteiger partial charge in [0.25, 0.3) is 5.56 Å². The van der Waals surface area contributed by atoms with Crippen LogP contribution in [-0.2, 0) is 17.6 Å². The van der Waals surface area contributed by atoms with Gasteiger partial charge in [-0.15, -0.1) is 0 Å². The highest BCUT2D eigenvalue weighted by atomic mass is 32.2. The fourth-order valence-corrected chi connectivity index (χ4v) is 5.41. The Kier molecular flexibility index (Phi) is 6.50. The SMILES string of the molecule is CCc1ccc(-n2c(SCC(=O)NC3CCCc4ccccc43)nc3ccccc3c2=O)cc1. The highest BCUT2D eigenvalue weighted by Gasteiger charge is 2.22. The molecule has 0 radical (unpaired) electrons. The van der Waals surface area contributed by atoms with E-state index in [9.17, 15) is 9.59 Å². The monoisotopic (exact) mass is 469 g/mol. The number of hydrogen-bond acceptors (Lipinski definition) is 4. The summed E-state index contributed by atoms with van der Waals surface area (Å²) in [4.78, 5) is 31.1. The molecule has 5 rings (SSSR count). The van der Waals surface area contributed by atoms with Crippen LogP contribution in [0.15, 0.2) is 82.7 Å². The quantitative estimate of drug-likeness (QED) is 0.310. The van der Waals surface area contributed by atoms with Crippen molar-refractivity contribution < 1.29 is 4.79 Å². The summed E-state index contributed by atoms with van der Waals surface area (Å²) in [6.07, 6.45) is 3.99. The fourth-order valence-electron chi connectivity index (χ4n) is 4.59. The lowest BCUT2D eigenvalue weighted by Gasteiger charge is -2.26. The summed E-state index contributed by atoms with van der Waals surface area (Å²) >= 11 is 1.30. The third-order valence-electron chi connectivity index (χ3n) is 6.38. The second-order valence-electron chi connectivity index (χ2n) is 8.57. The van der Waals surface area contributed by atoms with E-state index >= 15 is 0 Å². The van der Waals surface area contributed by atoms with E-state index in [1.807, 2.05) is 48.5 Å². The van der Waals surface area contributed by atoms with Gasteiger partial charge in [0.05, 0.1) is 28.4 Å². The van der Waals surface area contributed by atoms with Crippen LogP contribution >= 0.6 is 11.8 Å². The van der Waals surface area contributed by atoms with E-state index in [0.29, 0.717) is 16.1 Å². The zero-order valence-electron chi connectivity index (χ0n) is 19.2. The number of para-hydroxylation sites is 1. The number of benzene rings is 3. The van der Waals surface area contributed by atoms with E-state index in [2.05, 4.69) is 30.4 Å². The van der Waals surface area contributed by atoms with Gasteiger partial charge in [-0.2, -0.15) is 0 Å². The molecule has 0 saturated heterocycles.